The van der Waals surface area contributed by atoms with Crippen LogP contribution >= 0.6 is 0 Å². The average molecular weight is 163 g/mol. The van der Waals surface area contributed by atoms with Gasteiger partial charge in [0.2, 0.25) is 0 Å². The lowest BCUT2D eigenvalue weighted by Crippen LogP contribution is -2.37. The molecule has 0 aliphatic carbocycles. The largest absolute Gasteiger partial charge is 0.320 e. The lowest BCUT2D eigenvalue weighted by atomic mass is 10.1. The van der Waals surface area contributed by atoms with Gasteiger partial charge in [-0.05, 0) is 25.9 Å². The van der Waals surface area contributed by atoms with Crippen LogP contribution in [0, 0.1) is 5.92 Å². The van der Waals surface area contributed by atoms with Crippen LogP contribution in [-0.2, 0) is 9.84 Å². The summed E-state index contributed by atoms with van der Waals surface area (Å²) in [5.74, 6) is 1.25. The van der Waals surface area contributed by atoms with Crippen LogP contribution in [0.25, 0.3) is 0 Å². The van der Waals surface area contributed by atoms with E-state index in [9.17, 15) is 8.42 Å². The number of nitrogens with one attached hydrogen (secondary N) is 1. The molecule has 1 saturated heterocycles. The van der Waals surface area contributed by atoms with Gasteiger partial charge < -0.3 is 5.32 Å². The van der Waals surface area contributed by atoms with E-state index in [0.29, 0.717) is 17.4 Å². The first-order valence-corrected chi connectivity index (χ1v) is 5.31. The SMILES string of the molecule is CNCCC1CS(=O)(=O)C1. The summed E-state index contributed by atoms with van der Waals surface area (Å²) in [6.07, 6.45) is 0.996. The molecule has 0 aromatic carbocycles. The van der Waals surface area contributed by atoms with Gasteiger partial charge in [-0.25, -0.2) is 8.42 Å². The summed E-state index contributed by atoms with van der Waals surface area (Å²) in [4.78, 5) is 0. The zero-order chi connectivity index (χ0) is 7.61. The zero-order valence-electron chi connectivity index (χ0n) is 6.13. The predicted molar refractivity (Wildman–Crippen MR) is 40.7 cm³/mol. The van der Waals surface area contributed by atoms with E-state index >= 15 is 0 Å². The van der Waals surface area contributed by atoms with Crippen LogP contribution in [0.15, 0.2) is 0 Å². The van der Waals surface area contributed by atoms with E-state index in [1.54, 1.807) is 0 Å². The molecule has 1 heterocycles. The molecule has 1 aliphatic heterocycles. The van der Waals surface area contributed by atoms with E-state index in [0.717, 1.165) is 13.0 Å². The van der Waals surface area contributed by atoms with Crippen molar-refractivity contribution in [2.24, 2.45) is 5.92 Å². The second-order valence-electron chi connectivity index (χ2n) is 2.84. The molecule has 0 amide bonds. The van der Waals surface area contributed by atoms with Crippen molar-refractivity contribution in [1.82, 2.24) is 5.32 Å². The summed E-state index contributed by atoms with van der Waals surface area (Å²) in [5, 5.41) is 3.00. The molecule has 0 atom stereocenters. The van der Waals surface area contributed by atoms with Gasteiger partial charge in [0.1, 0.15) is 0 Å². The fourth-order valence-corrected chi connectivity index (χ4v) is 2.86. The van der Waals surface area contributed by atoms with Crippen molar-refractivity contribution >= 4 is 9.84 Å². The maximum atomic E-state index is 10.6. The fraction of sp³-hybridized carbons (Fsp3) is 1.00. The molecule has 0 aromatic heterocycles. The average Bonchev–Trinajstić information content (AvgIpc) is 1.78. The molecule has 0 unspecified atom stereocenters. The Balaban J connectivity index is 2.15. The number of rotatable bonds is 3. The zero-order valence-corrected chi connectivity index (χ0v) is 6.95. The monoisotopic (exact) mass is 163 g/mol. The quantitative estimate of drug-likeness (QED) is 0.618. The maximum absolute atomic E-state index is 10.6. The van der Waals surface area contributed by atoms with Crippen molar-refractivity contribution in [3.8, 4) is 0 Å². The van der Waals surface area contributed by atoms with E-state index in [4.69, 9.17) is 0 Å². The Morgan fingerprint density at radius 1 is 1.50 bits per heavy atom. The van der Waals surface area contributed by atoms with E-state index in [-0.39, 0.29) is 0 Å². The first-order chi connectivity index (χ1) is 4.64. The van der Waals surface area contributed by atoms with Crippen LogP contribution < -0.4 is 5.32 Å². The Hall–Kier alpha value is -0.0900. The van der Waals surface area contributed by atoms with Crippen molar-refractivity contribution in [3.05, 3.63) is 0 Å². The summed E-state index contributed by atoms with van der Waals surface area (Å²) < 4.78 is 21.3. The molecular formula is C6H13NO2S. The van der Waals surface area contributed by atoms with Crippen molar-refractivity contribution in [2.45, 2.75) is 6.42 Å². The minimum atomic E-state index is -2.59. The minimum Gasteiger partial charge on any atom is -0.320 e. The Labute approximate surface area is 61.7 Å². The summed E-state index contributed by atoms with van der Waals surface area (Å²) in [5.41, 5.74) is 0. The highest BCUT2D eigenvalue weighted by atomic mass is 32.2. The van der Waals surface area contributed by atoms with Crippen LogP contribution in [-0.4, -0.2) is 33.5 Å². The molecule has 3 nitrogen and oxygen atoms in total. The predicted octanol–water partition coefficient (Wildman–Crippen LogP) is -0.359. The standard InChI is InChI=1S/C6H13NO2S/c1-7-3-2-6-4-10(8,9)5-6/h6-7H,2-5H2,1H3. The number of hydrogen-bond acceptors (Lipinski definition) is 3. The maximum Gasteiger partial charge on any atom is 0.150 e. The molecule has 60 valence electrons. The molecule has 1 aliphatic rings. The molecule has 10 heavy (non-hydrogen) atoms. The number of sulfone groups is 1. The molecular weight excluding hydrogens is 150 g/mol. The summed E-state index contributed by atoms with van der Waals surface area (Å²) in [7, 11) is -0.707. The first-order valence-electron chi connectivity index (χ1n) is 3.49. The molecule has 0 spiro atoms. The lowest BCUT2D eigenvalue weighted by Gasteiger charge is -2.25. The fourth-order valence-electron chi connectivity index (χ4n) is 1.18. The van der Waals surface area contributed by atoms with E-state index in [1.807, 2.05) is 7.05 Å². The van der Waals surface area contributed by atoms with Gasteiger partial charge in [-0.1, -0.05) is 0 Å². The van der Waals surface area contributed by atoms with Gasteiger partial charge in [0.25, 0.3) is 0 Å². The van der Waals surface area contributed by atoms with Crippen LogP contribution in [0.5, 0.6) is 0 Å². The van der Waals surface area contributed by atoms with Crippen molar-refractivity contribution in [1.29, 1.82) is 0 Å². The molecule has 0 saturated carbocycles. The highest BCUT2D eigenvalue weighted by Crippen LogP contribution is 2.20. The third kappa shape index (κ3) is 1.95. The van der Waals surface area contributed by atoms with Gasteiger partial charge >= 0.3 is 0 Å². The van der Waals surface area contributed by atoms with E-state index < -0.39 is 9.84 Å². The van der Waals surface area contributed by atoms with Gasteiger partial charge in [0.15, 0.2) is 9.84 Å². The Morgan fingerprint density at radius 2 is 2.10 bits per heavy atom. The second-order valence-corrected chi connectivity index (χ2v) is 4.99. The van der Waals surface area contributed by atoms with Crippen LogP contribution in [0.1, 0.15) is 6.42 Å². The minimum absolute atomic E-state index is 0.411. The van der Waals surface area contributed by atoms with E-state index in [2.05, 4.69) is 5.32 Å². The van der Waals surface area contributed by atoms with Gasteiger partial charge in [-0.3, -0.25) is 0 Å². The van der Waals surface area contributed by atoms with Crippen molar-refractivity contribution in [3.63, 3.8) is 0 Å². The number of hydrogen-bond donors (Lipinski definition) is 1. The highest BCUT2D eigenvalue weighted by molar-refractivity contribution is 7.92. The Kier molecular flexibility index (Phi) is 2.31. The van der Waals surface area contributed by atoms with Gasteiger partial charge in [0, 0.05) is 0 Å². The molecule has 1 N–H and O–H groups in total. The third-order valence-corrected chi connectivity index (χ3v) is 3.74. The molecule has 0 bridgehead atoms. The lowest BCUT2D eigenvalue weighted by molar-refractivity contribution is 0.490. The van der Waals surface area contributed by atoms with Gasteiger partial charge in [0.05, 0.1) is 11.5 Å². The molecule has 1 rings (SSSR count). The molecule has 1 fully saturated rings. The topological polar surface area (TPSA) is 46.2 Å². The van der Waals surface area contributed by atoms with Gasteiger partial charge in [-0.2, -0.15) is 0 Å². The Morgan fingerprint density at radius 3 is 2.50 bits per heavy atom. The molecule has 4 heteroatoms. The van der Waals surface area contributed by atoms with Crippen LogP contribution in [0.2, 0.25) is 0 Å². The van der Waals surface area contributed by atoms with Crippen molar-refractivity contribution < 1.29 is 8.42 Å². The Bertz CT molecular complexity index is 186. The third-order valence-electron chi connectivity index (χ3n) is 1.78. The first kappa shape index (κ1) is 8.01. The van der Waals surface area contributed by atoms with Gasteiger partial charge in [-0.15, -0.1) is 0 Å². The summed E-state index contributed by atoms with van der Waals surface area (Å²) in [6.45, 7) is 0.931. The summed E-state index contributed by atoms with van der Waals surface area (Å²) in [6, 6.07) is 0. The second kappa shape index (κ2) is 2.88. The summed E-state index contributed by atoms with van der Waals surface area (Å²) >= 11 is 0. The smallest absolute Gasteiger partial charge is 0.150 e. The normalized spacial score (nSPS) is 24.1. The van der Waals surface area contributed by atoms with Crippen LogP contribution in [0.3, 0.4) is 0 Å². The highest BCUT2D eigenvalue weighted by Gasteiger charge is 2.32. The van der Waals surface area contributed by atoms with Crippen LogP contribution in [0.4, 0.5) is 0 Å². The molecule has 0 aromatic rings. The molecule has 0 radical (unpaired) electrons. The van der Waals surface area contributed by atoms with Crippen molar-refractivity contribution in [2.75, 3.05) is 25.1 Å². The van der Waals surface area contributed by atoms with E-state index in [1.165, 1.54) is 0 Å².